The number of hydrogen-bond donors (Lipinski definition) is 1. The predicted octanol–water partition coefficient (Wildman–Crippen LogP) is 5.72. The van der Waals surface area contributed by atoms with Crippen LogP contribution in [0.2, 0.25) is 0 Å². The lowest BCUT2D eigenvalue weighted by molar-refractivity contribution is 0.305. The third-order valence-electron chi connectivity index (χ3n) is 7.45. The van der Waals surface area contributed by atoms with Crippen LogP contribution in [0.4, 0.5) is 4.39 Å². The van der Waals surface area contributed by atoms with E-state index in [1.54, 1.807) is 6.07 Å². The van der Waals surface area contributed by atoms with Crippen LogP contribution in [-0.2, 0) is 19.6 Å². The van der Waals surface area contributed by atoms with Crippen molar-refractivity contribution >= 4 is 22.2 Å². The minimum atomic E-state index is -0.630. The zero-order chi connectivity index (χ0) is 25.8. The van der Waals surface area contributed by atoms with Crippen LogP contribution >= 0.6 is 0 Å². The highest BCUT2D eigenvalue weighted by Gasteiger charge is 2.26. The second kappa shape index (κ2) is 8.83. The van der Waals surface area contributed by atoms with Crippen LogP contribution in [0.3, 0.4) is 0 Å². The first-order valence-corrected chi connectivity index (χ1v) is 12.8. The molecule has 0 saturated heterocycles. The number of aromatic nitrogens is 4. The number of ether oxygens (including phenoxy) is 1. The van der Waals surface area contributed by atoms with Gasteiger partial charge in [0, 0.05) is 30.2 Å². The van der Waals surface area contributed by atoms with Gasteiger partial charge in [-0.05, 0) is 78.3 Å². The van der Waals surface area contributed by atoms with Crippen molar-refractivity contribution in [1.82, 2.24) is 19.7 Å². The van der Waals surface area contributed by atoms with Gasteiger partial charge >= 0.3 is 5.76 Å². The molecular formula is C30H25FN4O3. The number of allylic oxidation sites excluding steroid dienone is 1. The fourth-order valence-corrected chi connectivity index (χ4v) is 5.37. The van der Waals surface area contributed by atoms with Crippen LogP contribution in [0.1, 0.15) is 53.7 Å². The van der Waals surface area contributed by atoms with Gasteiger partial charge in [-0.1, -0.05) is 29.4 Å². The van der Waals surface area contributed by atoms with Crippen LogP contribution in [0.15, 0.2) is 70.0 Å². The van der Waals surface area contributed by atoms with Crippen molar-refractivity contribution < 1.29 is 13.7 Å². The van der Waals surface area contributed by atoms with Crippen molar-refractivity contribution in [1.29, 1.82) is 0 Å². The number of rotatable bonds is 5. The molecule has 7 nitrogen and oxygen atoms in total. The molecule has 0 bridgehead atoms. The normalized spacial score (nSPS) is 16.1. The van der Waals surface area contributed by atoms with Gasteiger partial charge in [-0.15, -0.1) is 0 Å². The smallest absolute Gasteiger partial charge is 0.439 e. The number of para-hydroxylation sites is 2. The van der Waals surface area contributed by atoms with Crippen LogP contribution in [0, 0.1) is 11.7 Å². The average Bonchev–Trinajstić information content (AvgIpc) is 3.57. The summed E-state index contributed by atoms with van der Waals surface area (Å²) in [6.07, 6.45) is 3.53. The summed E-state index contributed by atoms with van der Waals surface area (Å²) in [6, 6.07) is 19.1. The van der Waals surface area contributed by atoms with Gasteiger partial charge in [0.15, 0.2) is 5.82 Å². The number of nitrogens with one attached hydrogen (secondary N) is 1. The molecule has 3 aromatic carbocycles. The van der Waals surface area contributed by atoms with Gasteiger partial charge in [-0.3, -0.25) is 9.51 Å². The quantitative estimate of drug-likeness (QED) is 0.328. The Hall–Kier alpha value is -4.46. The zero-order valence-electron chi connectivity index (χ0n) is 20.8. The summed E-state index contributed by atoms with van der Waals surface area (Å²) in [5.41, 5.74) is 7.41. The van der Waals surface area contributed by atoms with E-state index in [4.69, 9.17) is 14.2 Å². The predicted molar refractivity (Wildman–Crippen MR) is 141 cm³/mol. The van der Waals surface area contributed by atoms with E-state index in [-0.39, 0.29) is 12.4 Å². The number of imidazole rings is 1. The number of benzene rings is 3. The minimum Gasteiger partial charge on any atom is -0.488 e. The third kappa shape index (κ3) is 4.02. The lowest BCUT2D eigenvalue weighted by Crippen LogP contribution is -2.07. The van der Waals surface area contributed by atoms with Gasteiger partial charge in [0.05, 0.1) is 11.0 Å². The molecule has 0 amide bonds. The number of nitrogens with zero attached hydrogens (tertiary/aromatic N) is 3. The molecule has 2 aliphatic rings. The van der Waals surface area contributed by atoms with Gasteiger partial charge in [-0.2, -0.15) is 0 Å². The molecule has 190 valence electrons. The lowest BCUT2D eigenvalue weighted by atomic mass is 9.89. The molecule has 38 heavy (non-hydrogen) atoms. The third-order valence-corrected chi connectivity index (χ3v) is 7.45. The highest BCUT2D eigenvalue weighted by Crippen LogP contribution is 2.41. The van der Waals surface area contributed by atoms with Crippen molar-refractivity contribution in [2.24, 2.45) is 5.92 Å². The van der Waals surface area contributed by atoms with Crippen molar-refractivity contribution in [3.8, 4) is 5.75 Å². The van der Waals surface area contributed by atoms with Crippen molar-refractivity contribution in [2.45, 2.75) is 39.3 Å². The van der Waals surface area contributed by atoms with E-state index in [1.165, 1.54) is 25.0 Å². The average molecular weight is 509 g/mol. The Morgan fingerprint density at radius 3 is 2.76 bits per heavy atom. The van der Waals surface area contributed by atoms with Crippen molar-refractivity contribution in [3.63, 3.8) is 0 Å². The maximum absolute atomic E-state index is 14.2. The van der Waals surface area contributed by atoms with Gasteiger partial charge in [0.2, 0.25) is 0 Å². The van der Waals surface area contributed by atoms with E-state index in [9.17, 15) is 9.18 Å². The Morgan fingerprint density at radius 2 is 1.95 bits per heavy atom. The monoisotopic (exact) mass is 508 g/mol. The second-order valence-electron chi connectivity index (χ2n) is 10.1. The first-order valence-electron chi connectivity index (χ1n) is 12.8. The number of H-pyrrole nitrogens is 1. The second-order valence-corrected chi connectivity index (χ2v) is 10.1. The Balaban J connectivity index is 1.34. The van der Waals surface area contributed by atoms with Crippen LogP contribution < -0.4 is 10.5 Å². The highest BCUT2D eigenvalue weighted by molar-refractivity contribution is 5.99. The highest BCUT2D eigenvalue weighted by atomic mass is 19.1. The van der Waals surface area contributed by atoms with E-state index in [2.05, 4.69) is 51.1 Å². The molecule has 0 radical (unpaired) electrons. The fourth-order valence-electron chi connectivity index (χ4n) is 5.37. The zero-order valence-corrected chi connectivity index (χ0v) is 20.8. The van der Waals surface area contributed by atoms with Gasteiger partial charge < -0.3 is 9.30 Å². The molecule has 1 fully saturated rings. The number of fused-ring (bicyclic) bond motifs is 3. The van der Waals surface area contributed by atoms with Crippen LogP contribution in [0.5, 0.6) is 5.75 Å². The largest absolute Gasteiger partial charge is 0.488 e. The first kappa shape index (κ1) is 22.7. The molecule has 7 rings (SSSR count). The molecule has 0 spiro atoms. The maximum atomic E-state index is 14.2. The number of aromatic amines is 1. The fraction of sp³-hybridized carbons (Fsp3) is 0.233. The maximum Gasteiger partial charge on any atom is 0.439 e. The summed E-state index contributed by atoms with van der Waals surface area (Å²) in [4.78, 5) is 19.3. The van der Waals surface area contributed by atoms with E-state index >= 15 is 0 Å². The molecular weight excluding hydrogens is 483 g/mol. The lowest BCUT2D eigenvalue weighted by Gasteiger charge is -2.15. The van der Waals surface area contributed by atoms with Crippen molar-refractivity contribution in [3.05, 3.63) is 111 Å². The molecule has 1 aliphatic heterocycles. The Kier molecular flexibility index (Phi) is 5.28. The van der Waals surface area contributed by atoms with E-state index in [1.807, 2.05) is 13.0 Å². The number of halogens is 1. The van der Waals surface area contributed by atoms with Gasteiger partial charge in [0.25, 0.3) is 0 Å². The summed E-state index contributed by atoms with van der Waals surface area (Å²) >= 11 is 0. The molecule has 1 saturated carbocycles. The summed E-state index contributed by atoms with van der Waals surface area (Å²) in [7, 11) is 0. The molecule has 8 heteroatoms. The Morgan fingerprint density at radius 1 is 1.11 bits per heavy atom. The summed E-state index contributed by atoms with van der Waals surface area (Å²) in [5.74, 6) is 1.60. The first-order chi connectivity index (χ1) is 18.5. The van der Waals surface area contributed by atoms with Gasteiger partial charge in [0.1, 0.15) is 24.0 Å². The SMILES string of the molecule is C/C(=C1/c2ccc(Cn3c(CC4CC4)nc4ccccc43)cc2COc2cc(F)ccc21)c1noc(=O)[nH]1. The van der Waals surface area contributed by atoms with Crippen LogP contribution in [0.25, 0.3) is 22.2 Å². The summed E-state index contributed by atoms with van der Waals surface area (Å²) in [5, 5.41) is 3.89. The van der Waals surface area contributed by atoms with Crippen LogP contribution in [-0.4, -0.2) is 19.7 Å². The minimum absolute atomic E-state index is 0.283. The Labute approximate surface area is 217 Å². The molecule has 3 heterocycles. The molecule has 0 unspecified atom stereocenters. The molecule has 2 aromatic heterocycles. The number of hydrogen-bond acceptors (Lipinski definition) is 5. The summed E-state index contributed by atoms with van der Waals surface area (Å²) in [6.45, 7) is 2.83. The van der Waals surface area contributed by atoms with E-state index in [0.29, 0.717) is 23.7 Å². The van der Waals surface area contributed by atoms with Crippen molar-refractivity contribution in [2.75, 3.05) is 0 Å². The molecule has 1 aliphatic carbocycles. The standard InChI is InChI=1S/C30H25FN4O3/c1-17(29-33-30(36)38-34-29)28-22-10-8-19(12-20(22)16-37-26-14-21(31)9-11-23(26)28)15-35-25-5-3-2-4-24(25)32-27(35)13-18-6-7-18/h2-5,8-12,14,18H,6-7,13,15-16H2,1H3,(H,33,34,36)/b28-17+. The molecule has 1 N–H and O–H groups in total. The van der Waals surface area contributed by atoms with Gasteiger partial charge in [-0.25, -0.2) is 14.2 Å². The summed E-state index contributed by atoms with van der Waals surface area (Å²) < 4.78 is 27.4. The molecule has 0 atom stereocenters. The molecule has 5 aromatic rings. The Bertz CT molecular complexity index is 1790. The van der Waals surface area contributed by atoms with E-state index < -0.39 is 5.76 Å². The topological polar surface area (TPSA) is 85.9 Å². The van der Waals surface area contributed by atoms with E-state index in [0.717, 1.165) is 57.0 Å².